The van der Waals surface area contributed by atoms with E-state index in [1.54, 1.807) is 29.0 Å². The van der Waals surface area contributed by atoms with E-state index in [1.165, 1.54) is 20.3 Å². The Morgan fingerprint density at radius 2 is 1.92 bits per heavy atom. The van der Waals surface area contributed by atoms with E-state index in [0.29, 0.717) is 65.5 Å². The van der Waals surface area contributed by atoms with Crippen molar-refractivity contribution in [3.05, 3.63) is 57.4 Å². The molecule has 1 fully saturated rings. The topological polar surface area (TPSA) is 104 Å². The minimum absolute atomic E-state index is 0.153. The number of anilines is 1. The third kappa shape index (κ3) is 5.25. The van der Waals surface area contributed by atoms with E-state index in [4.69, 9.17) is 37.4 Å². The van der Waals surface area contributed by atoms with Crippen LogP contribution in [-0.4, -0.2) is 55.0 Å². The van der Waals surface area contributed by atoms with Crippen LogP contribution in [0.1, 0.15) is 13.3 Å². The second kappa shape index (κ2) is 11.4. The summed E-state index contributed by atoms with van der Waals surface area (Å²) in [4.78, 5) is 30.1. The number of methoxy groups -OCH3 is 2. The van der Waals surface area contributed by atoms with Crippen LogP contribution in [0.5, 0.6) is 11.5 Å². The van der Waals surface area contributed by atoms with Gasteiger partial charge in [-0.25, -0.2) is 4.98 Å². The molecule has 1 amide bonds. The van der Waals surface area contributed by atoms with Crippen LogP contribution in [0.25, 0.3) is 22.0 Å². The zero-order valence-electron chi connectivity index (χ0n) is 20.8. The summed E-state index contributed by atoms with van der Waals surface area (Å²) < 4.78 is 18.0. The average Bonchev–Trinajstić information content (AvgIpc) is 2.90. The van der Waals surface area contributed by atoms with Gasteiger partial charge in [0, 0.05) is 42.4 Å². The van der Waals surface area contributed by atoms with Crippen LogP contribution in [0.4, 0.5) is 5.82 Å². The first-order valence-electron chi connectivity index (χ1n) is 11.7. The maximum atomic E-state index is 13.7. The summed E-state index contributed by atoms with van der Waals surface area (Å²) >= 11 is 13.2. The highest BCUT2D eigenvalue weighted by Crippen LogP contribution is 2.45. The van der Waals surface area contributed by atoms with Gasteiger partial charge in [-0.1, -0.05) is 29.8 Å². The van der Waals surface area contributed by atoms with E-state index in [9.17, 15) is 9.59 Å². The number of carbonyl (C=O) groups excluding carboxylic acids is 1. The van der Waals surface area contributed by atoms with Gasteiger partial charge in [0.25, 0.3) is 5.56 Å². The molecule has 4 rings (SSSR count). The Kier molecular flexibility index (Phi) is 8.26. The minimum atomic E-state index is -0.275. The number of hydrogen-bond acceptors (Lipinski definition) is 7. The highest BCUT2D eigenvalue weighted by Gasteiger charge is 2.27. The first-order valence-corrected chi connectivity index (χ1v) is 12.5. The molecule has 11 heteroatoms. The SMILES string of the molecule is C=CC(=O)N[C@H]1CCOC[C@H]1Nc1cc2c(cn1)cc(-c1c(Cl)c(OC)cc(OC)c1Cl)c(=O)n2CC. The molecule has 2 atom stereocenters. The predicted molar refractivity (Wildman–Crippen MR) is 145 cm³/mol. The molecule has 1 aliphatic rings. The molecular weight excluding hydrogens is 519 g/mol. The molecule has 37 heavy (non-hydrogen) atoms. The Hall–Kier alpha value is -3.27. The van der Waals surface area contributed by atoms with Gasteiger partial charge in [0.1, 0.15) is 17.3 Å². The van der Waals surface area contributed by atoms with Crippen molar-refractivity contribution in [1.82, 2.24) is 14.9 Å². The van der Waals surface area contributed by atoms with Crippen molar-refractivity contribution in [1.29, 1.82) is 0 Å². The van der Waals surface area contributed by atoms with E-state index in [2.05, 4.69) is 22.2 Å². The molecule has 0 aliphatic carbocycles. The highest BCUT2D eigenvalue weighted by atomic mass is 35.5. The molecule has 1 aliphatic heterocycles. The molecule has 0 saturated carbocycles. The van der Waals surface area contributed by atoms with Crippen molar-refractivity contribution in [2.24, 2.45) is 0 Å². The number of hydrogen-bond donors (Lipinski definition) is 2. The number of nitrogens with zero attached hydrogens (tertiary/aromatic N) is 2. The van der Waals surface area contributed by atoms with Crippen LogP contribution < -0.4 is 25.7 Å². The van der Waals surface area contributed by atoms with Gasteiger partial charge in [0.05, 0.1) is 54.0 Å². The lowest BCUT2D eigenvalue weighted by atomic mass is 10.0. The normalized spacial score (nSPS) is 17.3. The average molecular weight is 547 g/mol. The summed E-state index contributed by atoms with van der Waals surface area (Å²) in [6.07, 6.45) is 3.57. The van der Waals surface area contributed by atoms with Crippen LogP contribution in [0.15, 0.2) is 41.8 Å². The maximum absolute atomic E-state index is 13.7. The molecule has 0 unspecified atom stereocenters. The zero-order chi connectivity index (χ0) is 26.7. The van der Waals surface area contributed by atoms with E-state index in [1.807, 2.05) is 6.92 Å². The van der Waals surface area contributed by atoms with Crippen molar-refractivity contribution in [2.75, 3.05) is 32.8 Å². The Labute approximate surface area is 224 Å². The summed E-state index contributed by atoms with van der Waals surface area (Å²) in [5.41, 5.74) is 1.04. The molecule has 9 nitrogen and oxygen atoms in total. The molecule has 196 valence electrons. The number of aryl methyl sites for hydroxylation is 1. The van der Waals surface area contributed by atoms with Crippen LogP contribution in [0.2, 0.25) is 10.0 Å². The largest absolute Gasteiger partial charge is 0.495 e. The molecule has 2 N–H and O–H groups in total. The van der Waals surface area contributed by atoms with Gasteiger partial charge in [0.2, 0.25) is 5.91 Å². The Bertz CT molecular complexity index is 1380. The van der Waals surface area contributed by atoms with Crippen LogP contribution in [0, 0.1) is 0 Å². The molecule has 0 bridgehead atoms. The second-order valence-electron chi connectivity index (χ2n) is 8.45. The van der Waals surface area contributed by atoms with E-state index < -0.39 is 0 Å². The van der Waals surface area contributed by atoms with Crippen LogP contribution >= 0.6 is 23.2 Å². The number of aromatic nitrogens is 2. The molecule has 0 radical (unpaired) electrons. The first kappa shape index (κ1) is 26.8. The number of ether oxygens (including phenoxy) is 3. The molecule has 1 saturated heterocycles. The Morgan fingerprint density at radius 3 is 2.54 bits per heavy atom. The van der Waals surface area contributed by atoms with Gasteiger partial charge >= 0.3 is 0 Å². The molecule has 3 heterocycles. The maximum Gasteiger partial charge on any atom is 0.259 e. The smallest absolute Gasteiger partial charge is 0.259 e. The number of fused-ring (bicyclic) bond motifs is 1. The zero-order valence-corrected chi connectivity index (χ0v) is 22.3. The Balaban J connectivity index is 1.79. The van der Waals surface area contributed by atoms with Crippen LogP contribution in [0.3, 0.4) is 0 Å². The second-order valence-corrected chi connectivity index (χ2v) is 9.21. The van der Waals surface area contributed by atoms with Gasteiger partial charge in [-0.15, -0.1) is 0 Å². The predicted octanol–water partition coefficient (Wildman–Crippen LogP) is 4.28. The molecule has 3 aromatic rings. The standard InChI is InChI=1S/C26H28Cl2N4O5/c1-5-22(33)31-16-7-8-37-13-17(16)30-21-10-18-14(12-29-21)9-15(26(34)32(18)6-2)23-24(27)19(35-3)11-20(36-4)25(23)28/h5,9-12,16-17H,1,6-8,13H2,2-4H3,(H,29,30)(H,31,33)/t16-,17+/m0/s1. The van der Waals surface area contributed by atoms with Crippen molar-refractivity contribution >= 4 is 45.8 Å². The molecule has 2 aromatic heterocycles. The lowest BCUT2D eigenvalue weighted by molar-refractivity contribution is -0.117. The number of pyridine rings is 2. The van der Waals surface area contributed by atoms with Gasteiger partial charge in [-0.05, 0) is 25.5 Å². The van der Waals surface area contributed by atoms with E-state index >= 15 is 0 Å². The van der Waals surface area contributed by atoms with Gasteiger partial charge < -0.3 is 29.4 Å². The lowest BCUT2D eigenvalue weighted by Crippen LogP contribution is -2.52. The summed E-state index contributed by atoms with van der Waals surface area (Å²) in [6.45, 7) is 6.74. The monoisotopic (exact) mass is 546 g/mol. The number of nitrogens with one attached hydrogen (secondary N) is 2. The third-order valence-electron chi connectivity index (χ3n) is 6.34. The lowest BCUT2D eigenvalue weighted by Gasteiger charge is -2.32. The van der Waals surface area contributed by atoms with Crippen molar-refractivity contribution in [3.8, 4) is 22.6 Å². The molecular formula is C26H28Cl2N4O5. The van der Waals surface area contributed by atoms with E-state index in [0.717, 1.165) is 0 Å². The highest BCUT2D eigenvalue weighted by molar-refractivity contribution is 6.41. The number of halogens is 2. The van der Waals surface area contributed by atoms with Crippen molar-refractivity contribution in [3.63, 3.8) is 0 Å². The van der Waals surface area contributed by atoms with Gasteiger partial charge in [-0.3, -0.25) is 9.59 Å². The summed E-state index contributed by atoms with van der Waals surface area (Å²) in [6, 6.07) is 4.74. The summed E-state index contributed by atoms with van der Waals surface area (Å²) in [5.74, 6) is 0.982. The number of carbonyl (C=O) groups is 1. The number of amides is 1. The third-order valence-corrected chi connectivity index (χ3v) is 7.09. The van der Waals surface area contributed by atoms with Gasteiger partial charge in [-0.2, -0.15) is 0 Å². The van der Waals surface area contributed by atoms with Crippen LogP contribution in [-0.2, 0) is 16.1 Å². The summed E-state index contributed by atoms with van der Waals surface area (Å²) in [7, 11) is 2.96. The fourth-order valence-corrected chi connectivity index (χ4v) is 5.16. The number of benzene rings is 1. The number of rotatable bonds is 8. The van der Waals surface area contributed by atoms with E-state index in [-0.39, 0.29) is 33.6 Å². The summed E-state index contributed by atoms with van der Waals surface area (Å²) in [5, 5.41) is 7.42. The quantitative estimate of drug-likeness (QED) is 0.406. The van der Waals surface area contributed by atoms with Crippen molar-refractivity contribution < 1.29 is 19.0 Å². The fraction of sp³-hybridized carbons (Fsp3) is 0.346. The Morgan fingerprint density at radius 1 is 1.22 bits per heavy atom. The molecule has 1 aromatic carbocycles. The fourth-order valence-electron chi connectivity index (χ4n) is 4.45. The first-order chi connectivity index (χ1) is 17.8. The minimum Gasteiger partial charge on any atom is -0.495 e. The van der Waals surface area contributed by atoms with Gasteiger partial charge in [0.15, 0.2) is 0 Å². The van der Waals surface area contributed by atoms with Crippen molar-refractivity contribution in [2.45, 2.75) is 32.0 Å². The molecule has 0 spiro atoms.